The molecule has 7 nitrogen and oxygen atoms in total. The van der Waals surface area contributed by atoms with E-state index < -0.39 is 11.9 Å². The van der Waals surface area contributed by atoms with Gasteiger partial charge in [0.25, 0.3) is 5.91 Å². The first kappa shape index (κ1) is 15.6. The molecule has 0 aliphatic carbocycles. The van der Waals surface area contributed by atoms with Gasteiger partial charge in [-0.1, -0.05) is 6.07 Å². The van der Waals surface area contributed by atoms with Crippen molar-refractivity contribution < 1.29 is 23.9 Å². The lowest BCUT2D eigenvalue weighted by Crippen LogP contribution is -2.31. The lowest BCUT2D eigenvalue weighted by Gasteiger charge is -2.18. The number of amides is 1. The van der Waals surface area contributed by atoms with Crippen LogP contribution in [0.4, 0.5) is 5.69 Å². The van der Waals surface area contributed by atoms with Gasteiger partial charge in [0, 0.05) is 17.8 Å². The van der Waals surface area contributed by atoms with Gasteiger partial charge in [0.15, 0.2) is 0 Å². The van der Waals surface area contributed by atoms with Crippen molar-refractivity contribution in [1.82, 2.24) is 5.32 Å². The van der Waals surface area contributed by atoms with E-state index in [1.54, 1.807) is 12.1 Å². The number of rotatable bonds is 4. The Kier molecular flexibility index (Phi) is 4.77. The van der Waals surface area contributed by atoms with Crippen molar-refractivity contribution >= 4 is 23.5 Å². The van der Waals surface area contributed by atoms with Gasteiger partial charge in [-0.05, 0) is 24.1 Å². The molecule has 1 aliphatic rings. The maximum atomic E-state index is 11.8. The van der Waals surface area contributed by atoms with Gasteiger partial charge < -0.3 is 20.1 Å². The molecule has 0 saturated heterocycles. The van der Waals surface area contributed by atoms with E-state index in [0.717, 1.165) is 18.1 Å². The first-order valence-electron chi connectivity index (χ1n) is 6.61. The molecule has 0 fully saturated rings. The van der Waals surface area contributed by atoms with Crippen LogP contribution in [-0.4, -0.2) is 38.6 Å². The second-order valence-corrected chi connectivity index (χ2v) is 4.58. The van der Waals surface area contributed by atoms with E-state index in [1.807, 2.05) is 6.07 Å². The minimum atomic E-state index is -0.715. The summed E-state index contributed by atoms with van der Waals surface area (Å²) in [5.74, 6) is -1.57. The Labute approximate surface area is 127 Å². The predicted octanol–water partition coefficient (Wildman–Crippen LogP) is 0.614. The molecule has 7 heteroatoms. The molecule has 1 aromatic rings. The van der Waals surface area contributed by atoms with Crippen LogP contribution in [0.1, 0.15) is 15.9 Å². The summed E-state index contributed by atoms with van der Waals surface area (Å²) in [5, 5.41) is 5.52. The van der Waals surface area contributed by atoms with Gasteiger partial charge in [-0.25, -0.2) is 9.59 Å². The van der Waals surface area contributed by atoms with E-state index in [4.69, 9.17) is 0 Å². The van der Waals surface area contributed by atoms with E-state index >= 15 is 0 Å². The second-order valence-electron chi connectivity index (χ2n) is 4.58. The van der Waals surface area contributed by atoms with Crippen LogP contribution in [0.15, 0.2) is 30.0 Å². The number of hydrogen-bond acceptors (Lipinski definition) is 6. The van der Waals surface area contributed by atoms with Gasteiger partial charge in [-0.3, -0.25) is 4.79 Å². The molecular formula is C15H16N2O5. The van der Waals surface area contributed by atoms with Crippen LogP contribution in [0.5, 0.6) is 0 Å². The molecule has 1 heterocycles. The Morgan fingerprint density at radius 3 is 2.73 bits per heavy atom. The standard InChI is InChI=1S/C15H16N2O5/c1-21-13(18)8-12(15(20)22-2)17-10-4-3-9-5-6-16-14(19)11(9)7-10/h3-4,7-8,17H,5-6H2,1-2H3,(H,16,19)/b12-8+. The second kappa shape index (κ2) is 6.75. The van der Waals surface area contributed by atoms with Crippen molar-refractivity contribution in [2.45, 2.75) is 6.42 Å². The zero-order valence-electron chi connectivity index (χ0n) is 12.3. The van der Waals surface area contributed by atoms with Gasteiger partial charge in [-0.2, -0.15) is 0 Å². The summed E-state index contributed by atoms with van der Waals surface area (Å²) in [7, 11) is 2.41. The highest BCUT2D eigenvalue weighted by molar-refractivity contribution is 6.00. The highest BCUT2D eigenvalue weighted by Gasteiger charge is 2.18. The summed E-state index contributed by atoms with van der Waals surface area (Å²) < 4.78 is 9.10. The molecule has 1 amide bonds. The van der Waals surface area contributed by atoms with Crippen molar-refractivity contribution in [3.05, 3.63) is 41.1 Å². The molecule has 0 unspecified atom stereocenters. The minimum absolute atomic E-state index is 0.0782. The SMILES string of the molecule is COC(=O)/C=C(/Nc1ccc2c(c1)C(=O)NCC2)C(=O)OC. The molecule has 116 valence electrons. The Morgan fingerprint density at radius 2 is 2.05 bits per heavy atom. The van der Waals surface area contributed by atoms with E-state index in [9.17, 15) is 14.4 Å². The van der Waals surface area contributed by atoms with E-state index in [2.05, 4.69) is 20.1 Å². The van der Waals surface area contributed by atoms with Gasteiger partial charge in [0.1, 0.15) is 5.70 Å². The van der Waals surface area contributed by atoms with Crippen LogP contribution in [0, 0.1) is 0 Å². The molecule has 0 aromatic heterocycles. The lowest BCUT2D eigenvalue weighted by molar-refractivity contribution is -0.138. The average molecular weight is 304 g/mol. The monoisotopic (exact) mass is 304 g/mol. The minimum Gasteiger partial charge on any atom is -0.466 e. The Bertz CT molecular complexity index is 651. The summed E-state index contributed by atoms with van der Waals surface area (Å²) in [6, 6.07) is 5.16. The first-order chi connectivity index (χ1) is 10.5. The van der Waals surface area contributed by atoms with Crippen LogP contribution in [0.3, 0.4) is 0 Å². The molecule has 22 heavy (non-hydrogen) atoms. The Hall–Kier alpha value is -2.83. The summed E-state index contributed by atoms with van der Waals surface area (Å²) >= 11 is 0. The normalized spacial score (nSPS) is 13.7. The van der Waals surface area contributed by atoms with Gasteiger partial charge in [0.05, 0.1) is 20.3 Å². The number of carbonyl (C=O) groups is 3. The van der Waals surface area contributed by atoms with Crippen molar-refractivity contribution in [2.24, 2.45) is 0 Å². The zero-order chi connectivity index (χ0) is 16.1. The molecule has 0 radical (unpaired) electrons. The number of carbonyl (C=O) groups excluding carboxylic acids is 3. The summed E-state index contributed by atoms with van der Waals surface area (Å²) in [6.07, 6.45) is 1.74. The molecule has 0 spiro atoms. The Morgan fingerprint density at radius 1 is 1.27 bits per heavy atom. The van der Waals surface area contributed by atoms with Crippen molar-refractivity contribution in [3.63, 3.8) is 0 Å². The summed E-state index contributed by atoms with van der Waals surface area (Å²) in [5.41, 5.74) is 1.89. The van der Waals surface area contributed by atoms with Gasteiger partial charge >= 0.3 is 11.9 Å². The van der Waals surface area contributed by atoms with Crippen LogP contribution in [0.2, 0.25) is 0 Å². The van der Waals surface area contributed by atoms with Crippen molar-refractivity contribution in [2.75, 3.05) is 26.1 Å². The number of ether oxygens (including phenoxy) is 2. The quantitative estimate of drug-likeness (QED) is 0.625. The highest BCUT2D eigenvalue weighted by atomic mass is 16.5. The van der Waals surface area contributed by atoms with E-state index in [-0.39, 0.29) is 11.6 Å². The molecule has 2 rings (SSSR count). The number of anilines is 1. The number of nitrogens with one attached hydrogen (secondary N) is 2. The van der Waals surface area contributed by atoms with Crippen molar-refractivity contribution in [3.8, 4) is 0 Å². The maximum Gasteiger partial charge on any atom is 0.354 e. The fourth-order valence-corrected chi connectivity index (χ4v) is 2.08. The average Bonchev–Trinajstić information content (AvgIpc) is 2.54. The third-order valence-corrected chi connectivity index (χ3v) is 3.18. The smallest absolute Gasteiger partial charge is 0.354 e. The molecule has 0 atom stereocenters. The van der Waals surface area contributed by atoms with Crippen LogP contribution in [-0.2, 0) is 25.5 Å². The Balaban J connectivity index is 2.29. The topological polar surface area (TPSA) is 93.7 Å². The summed E-state index contributed by atoms with van der Waals surface area (Å²) in [4.78, 5) is 34.8. The molecule has 0 bridgehead atoms. The van der Waals surface area contributed by atoms with E-state index in [1.165, 1.54) is 14.2 Å². The van der Waals surface area contributed by atoms with Gasteiger partial charge in [-0.15, -0.1) is 0 Å². The number of methoxy groups -OCH3 is 2. The van der Waals surface area contributed by atoms with Crippen LogP contribution >= 0.6 is 0 Å². The number of benzene rings is 1. The third-order valence-electron chi connectivity index (χ3n) is 3.18. The predicted molar refractivity (Wildman–Crippen MR) is 78.2 cm³/mol. The lowest BCUT2D eigenvalue weighted by atomic mass is 10.00. The number of esters is 2. The molecule has 2 N–H and O–H groups in total. The fraction of sp³-hybridized carbons (Fsp3) is 0.267. The van der Waals surface area contributed by atoms with Crippen LogP contribution in [0.25, 0.3) is 0 Å². The first-order valence-corrected chi connectivity index (χ1v) is 6.61. The molecular weight excluding hydrogens is 288 g/mol. The number of hydrogen-bond donors (Lipinski definition) is 2. The molecule has 1 aromatic carbocycles. The highest BCUT2D eigenvalue weighted by Crippen LogP contribution is 2.20. The molecule has 0 saturated carbocycles. The fourth-order valence-electron chi connectivity index (χ4n) is 2.08. The maximum absolute atomic E-state index is 11.8. The third kappa shape index (κ3) is 3.43. The van der Waals surface area contributed by atoms with Crippen molar-refractivity contribution in [1.29, 1.82) is 0 Å². The summed E-state index contributed by atoms with van der Waals surface area (Å²) in [6.45, 7) is 0.605. The van der Waals surface area contributed by atoms with Crippen LogP contribution < -0.4 is 10.6 Å². The molecule has 1 aliphatic heterocycles. The van der Waals surface area contributed by atoms with E-state index in [0.29, 0.717) is 17.8 Å². The largest absolute Gasteiger partial charge is 0.466 e. The number of fused-ring (bicyclic) bond motifs is 1. The zero-order valence-corrected chi connectivity index (χ0v) is 12.3. The van der Waals surface area contributed by atoms with Gasteiger partial charge in [0.2, 0.25) is 0 Å².